The minimum atomic E-state index is -0.590. The van der Waals surface area contributed by atoms with Gasteiger partial charge in [0.2, 0.25) is 0 Å². The van der Waals surface area contributed by atoms with Gasteiger partial charge in [-0.1, -0.05) is 17.7 Å². The van der Waals surface area contributed by atoms with Crippen LogP contribution in [-0.2, 0) is 0 Å². The maximum absolute atomic E-state index is 14.5. The summed E-state index contributed by atoms with van der Waals surface area (Å²) in [7, 11) is 1.57. The molecule has 1 aliphatic rings. The van der Waals surface area contributed by atoms with Crippen molar-refractivity contribution in [1.29, 1.82) is 5.26 Å². The number of halogens is 2. The van der Waals surface area contributed by atoms with Crippen LogP contribution >= 0.6 is 11.6 Å². The number of anilines is 2. The number of ether oxygens (including phenoxy) is 2. The average molecular weight is 427 g/mol. The van der Waals surface area contributed by atoms with Crippen LogP contribution in [0.1, 0.15) is 18.4 Å². The van der Waals surface area contributed by atoms with E-state index in [-0.39, 0.29) is 22.4 Å². The first-order chi connectivity index (χ1) is 14.6. The third kappa shape index (κ3) is 3.97. The van der Waals surface area contributed by atoms with Gasteiger partial charge in [0.15, 0.2) is 17.3 Å². The van der Waals surface area contributed by atoms with Crippen molar-refractivity contribution in [3.05, 3.63) is 52.9 Å². The van der Waals surface area contributed by atoms with Gasteiger partial charge in [-0.2, -0.15) is 5.26 Å². The highest BCUT2D eigenvalue weighted by atomic mass is 35.5. The average Bonchev–Trinajstić information content (AvgIpc) is 2.77. The van der Waals surface area contributed by atoms with E-state index in [9.17, 15) is 9.65 Å². The number of piperidine rings is 1. The molecule has 8 heteroatoms. The lowest BCUT2D eigenvalue weighted by Gasteiger charge is -2.25. The number of rotatable bonds is 5. The maximum Gasteiger partial charge on any atom is 0.165 e. The Hall–Kier alpha value is -3.08. The molecule has 154 valence electrons. The van der Waals surface area contributed by atoms with Crippen molar-refractivity contribution in [3.8, 4) is 17.6 Å². The zero-order valence-electron chi connectivity index (χ0n) is 16.3. The molecule has 1 fully saturated rings. The second-order valence-electron chi connectivity index (χ2n) is 6.97. The van der Waals surface area contributed by atoms with Gasteiger partial charge >= 0.3 is 0 Å². The standard InChI is InChI=1S/C22H20ClFN4O2/c1-29-19-10-18-15(9-20(19)30-14-5-7-26-8-6-14)22(13(11-25)12-27-18)28-17-4-2-3-16(23)21(17)24/h2-4,9-10,12,14,26H,5-8H2,1H3,(H,27,28). The molecule has 2 aromatic carbocycles. The van der Waals surface area contributed by atoms with E-state index in [4.69, 9.17) is 21.1 Å². The van der Waals surface area contributed by atoms with Crippen LogP contribution in [0.25, 0.3) is 10.9 Å². The van der Waals surface area contributed by atoms with Crippen LogP contribution in [0.4, 0.5) is 15.8 Å². The van der Waals surface area contributed by atoms with Crippen LogP contribution in [0, 0.1) is 17.1 Å². The summed E-state index contributed by atoms with van der Waals surface area (Å²) in [6, 6.07) is 10.3. The fourth-order valence-corrected chi connectivity index (χ4v) is 3.67. The van der Waals surface area contributed by atoms with E-state index in [1.54, 1.807) is 31.4 Å². The smallest absolute Gasteiger partial charge is 0.165 e. The Bertz CT molecular complexity index is 1130. The van der Waals surface area contributed by atoms with E-state index in [0.29, 0.717) is 28.1 Å². The summed E-state index contributed by atoms with van der Waals surface area (Å²) in [5, 5.41) is 16.5. The van der Waals surface area contributed by atoms with Gasteiger partial charge in [0.1, 0.15) is 12.2 Å². The van der Waals surface area contributed by atoms with Crippen molar-refractivity contribution >= 4 is 33.9 Å². The van der Waals surface area contributed by atoms with Crippen LogP contribution in [0.3, 0.4) is 0 Å². The number of nitrogens with one attached hydrogen (secondary N) is 2. The largest absolute Gasteiger partial charge is 0.493 e. The van der Waals surface area contributed by atoms with E-state index in [2.05, 4.69) is 21.7 Å². The quantitative estimate of drug-likeness (QED) is 0.611. The Morgan fingerprint density at radius 3 is 2.80 bits per heavy atom. The van der Waals surface area contributed by atoms with Crippen molar-refractivity contribution in [2.24, 2.45) is 0 Å². The number of methoxy groups -OCH3 is 1. The Kier molecular flexibility index (Phi) is 5.88. The highest BCUT2D eigenvalue weighted by molar-refractivity contribution is 6.31. The first kappa shape index (κ1) is 20.2. The van der Waals surface area contributed by atoms with Gasteiger partial charge in [0.25, 0.3) is 0 Å². The molecule has 0 spiro atoms. The van der Waals surface area contributed by atoms with Crippen molar-refractivity contribution in [2.75, 3.05) is 25.5 Å². The van der Waals surface area contributed by atoms with Crippen LogP contribution in [-0.4, -0.2) is 31.3 Å². The number of nitriles is 1. The molecule has 30 heavy (non-hydrogen) atoms. The minimum Gasteiger partial charge on any atom is -0.493 e. The number of hydrogen-bond donors (Lipinski definition) is 2. The van der Waals surface area contributed by atoms with E-state index < -0.39 is 5.82 Å². The van der Waals surface area contributed by atoms with Crippen molar-refractivity contribution < 1.29 is 13.9 Å². The monoisotopic (exact) mass is 426 g/mol. The molecule has 0 atom stereocenters. The number of fused-ring (bicyclic) bond motifs is 1. The summed E-state index contributed by atoms with van der Waals surface area (Å²) < 4.78 is 26.2. The van der Waals surface area contributed by atoms with Gasteiger partial charge in [0, 0.05) is 17.6 Å². The first-order valence-electron chi connectivity index (χ1n) is 9.60. The van der Waals surface area contributed by atoms with Crippen molar-refractivity contribution in [1.82, 2.24) is 10.3 Å². The normalized spacial score (nSPS) is 14.3. The van der Waals surface area contributed by atoms with Crippen LogP contribution in [0.15, 0.2) is 36.5 Å². The van der Waals surface area contributed by atoms with E-state index >= 15 is 0 Å². The molecule has 0 unspecified atom stereocenters. The molecule has 0 bridgehead atoms. The molecular weight excluding hydrogens is 407 g/mol. The van der Waals surface area contributed by atoms with Gasteiger partial charge in [-0.25, -0.2) is 4.39 Å². The van der Waals surface area contributed by atoms with Gasteiger partial charge in [0.05, 0.1) is 34.6 Å². The van der Waals surface area contributed by atoms with Gasteiger partial charge in [-0.05, 0) is 44.1 Å². The lowest BCUT2D eigenvalue weighted by Crippen LogP contribution is -2.34. The Morgan fingerprint density at radius 1 is 1.27 bits per heavy atom. The minimum absolute atomic E-state index is 0.00605. The number of benzene rings is 2. The fourth-order valence-electron chi connectivity index (χ4n) is 3.50. The molecule has 3 aromatic rings. The van der Waals surface area contributed by atoms with E-state index in [1.165, 1.54) is 12.3 Å². The summed E-state index contributed by atoms with van der Waals surface area (Å²) in [6.07, 6.45) is 3.28. The Labute approximate surface area is 178 Å². The molecule has 4 rings (SSSR count). The number of aromatic nitrogens is 1. The third-order valence-corrected chi connectivity index (χ3v) is 5.36. The lowest BCUT2D eigenvalue weighted by molar-refractivity contribution is 0.157. The predicted octanol–water partition coefficient (Wildman–Crippen LogP) is 4.78. The number of nitrogens with zero attached hydrogens (tertiary/aromatic N) is 2. The SMILES string of the molecule is COc1cc2ncc(C#N)c(Nc3cccc(Cl)c3F)c2cc1OC1CCNCC1. The van der Waals surface area contributed by atoms with Crippen LogP contribution in [0.5, 0.6) is 11.5 Å². The summed E-state index contributed by atoms with van der Waals surface area (Å²) >= 11 is 5.91. The second-order valence-corrected chi connectivity index (χ2v) is 7.38. The molecule has 2 heterocycles. The Morgan fingerprint density at radius 2 is 2.07 bits per heavy atom. The fraction of sp³-hybridized carbons (Fsp3) is 0.273. The molecule has 0 amide bonds. The summed E-state index contributed by atoms with van der Waals surface area (Å²) in [4.78, 5) is 4.36. The van der Waals surface area contributed by atoms with E-state index in [0.717, 1.165) is 25.9 Å². The van der Waals surface area contributed by atoms with E-state index in [1.807, 2.05) is 0 Å². The molecule has 1 aromatic heterocycles. The lowest BCUT2D eigenvalue weighted by atomic mass is 10.1. The summed E-state index contributed by atoms with van der Waals surface area (Å²) in [5.41, 5.74) is 1.47. The molecule has 1 aliphatic heterocycles. The maximum atomic E-state index is 14.5. The predicted molar refractivity (Wildman–Crippen MR) is 114 cm³/mol. The number of pyridine rings is 1. The van der Waals surface area contributed by atoms with Crippen molar-refractivity contribution in [3.63, 3.8) is 0 Å². The molecule has 0 aliphatic carbocycles. The molecule has 6 nitrogen and oxygen atoms in total. The highest BCUT2D eigenvalue weighted by Gasteiger charge is 2.20. The molecular formula is C22H20ClFN4O2. The molecule has 2 N–H and O–H groups in total. The van der Waals surface area contributed by atoms with Gasteiger partial charge in [-0.3, -0.25) is 4.98 Å². The molecule has 0 radical (unpaired) electrons. The van der Waals surface area contributed by atoms with Gasteiger partial charge in [-0.15, -0.1) is 0 Å². The highest BCUT2D eigenvalue weighted by Crippen LogP contribution is 2.38. The molecule has 0 saturated carbocycles. The topological polar surface area (TPSA) is 79.2 Å². The summed E-state index contributed by atoms with van der Waals surface area (Å²) in [5.74, 6) is 0.522. The zero-order chi connectivity index (χ0) is 21.1. The number of hydrogen-bond acceptors (Lipinski definition) is 6. The van der Waals surface area contributed by atoms with Crippen molar-refractivity contribution in [2.45, 2.75) is 18.9 Å². The second kappa shape index (κ2) is 8.74. The van der Waals surface area contributed by atoms with Crippen LogP contribution < -0.4 is 20.1 Å². The first-order valence-corrected chi connectivity index (χ1v) is 9.97. The third-order valence-electron chi connectivity index (χ3n) is 5.06. The molecule has 1 saturated heterocycles. The van der Waals surface area contributed by atoms with Crippen LogP contribution in [0.2, 0.25) is 5.02 Å². The summed E-state index contributed by atoms with van der Waals surface area (Å²) in [6.45, 7) is 1.78. The Balaban J connectivity index is 1.82. The zero-order valence-corrected chi connectivity index (χ0v) is 17.1. The van der Waals surface area contributed by atoms with Gasteiger partial charge < -0.3 is 20.1 Å².